The van der Waals surface area contributed by atoms with Crippen LogP contribution in [0.5, 0.6) is 0 Å². The molecule has 0 amide bonds. The molecule has 9 aromatic rings. The van der Waals surface area contributed by atoms with Gasteiger partial charge < -0.3 is 9.80 Å². The van der Waals surface area contributed by atoms with Gasteiger partial charge in [0.1, 0.15) is 0 Å². The highest BCUT2D eigenvalue weighted by Crippen LogP contribution is 2.62. The van der Waals surface area contributed by atoms with Gasteiger partial charge in [-0.15, -0.1) is 0 Å². The monoisotopic (exact) mass is 846 g/mol. The van der Waals surface area contributed by atoms with E-state index in [0.717, 1.165) is 22.7 Å². The first-order valence-electron chi connectivity index (χ1n) is 22.3. The van der Waals surface area contributed by atoms with Crippen molar-refractivity contribution in [3.63, 3.8) is 0 Å². The highest BCUT2D eigenvalue weighted by atomic mass is 28.4. The Balaban J connectivity index is 1.21. The lowest BCUT2D eigenvalue weighted by atomic mass is 9.95. The minimum atomic E-state index is -2.10. The van der Waals surface area contributed by atoms with Gasteiger partial charge in [0.25, 0.3) is 0 Å². The quantitative estimate of drug-likeness (QED) is 0.127. The van der Waals surface area contributed by atoms with E-state index in [2.05, 4.69) is 267 Å². The van der Waals surface area contributed by atoms with E-state index in [1.54, 1.807) is 0 Å². The summed E-state index contributed by atoms with van der Waals surface area (Å²) in [5.74, 6) is 0. The fraction of sp³-hybridized carbons (Fsp3) is 0.119. The number of anilines is 6. The molecule has 308 valence electrons. The second-order valence-corrected chi connectivity index (χ2v) is 30.0. The third-order valence-corrected chi connectivity index (χ3v) is 23.4. The Bertz CT molecular complexity index is 3030. The van der Waals surface area contributed by atoms with E-state index < -0.39 is 16.1 Å². The smallest absolute Gasteiger partial charge is 0.0579 e. The molecule has 0 aromatic heterocycles. The summed E-state index contributed by atoms with van der Waals surface area (Å²) in [6.07, 6.45) is 0. The van der Waals surface area contributed by atoms with Crippen molar-refractivity contribution in [2.45, 2.75) is 43.9 Å². The number of nitrogens with zero attached hydrogens (tertiary/aromatic N) is 2. The first-order chi connectivity index (χ1) is 30.5. The van der Waals surface area contributed by atoms with Crippen LogP contribution in [0.1, 0.15) is 11.1 Å². The molecule has 1 aliphatic carbocycles. The summed E-state index contributed by atoms with van der Waals surface area (Å²) in [4.78, 5) is 4.96. The molecular weight excluding hydrogens is 793 g/mol. The van der Waals surface area contributed by atoms with E-state index in [1.165, 1.54) is 66.7 Å². The maximum Gasteiger partial charge on any atom is 0.0579 e. The molecule has 0 fully saturated rings. The fourth-order valence-corrected chi connectivity index (χ4v) is 24.1. The van der Waals surface area contributed by atoms with Crippen LogP contribution in [-0.2, 0) is 4.66 Å². The maximum atomic E-state index is 2.63. The zero-order chi connectivity index (χ0) is 43.3. The van der Waals surface area contributed by atoms with E-state index >= 15 is 0 Å². The van der Waals surface area contributed by atoms with Crippen LogP contribution in [0.25, 0.3) is 44.2 Å². The van der Waals surface area contributed by atoms with Gasteiger partial charge in [-0.2, -0.15) is 0 Å². The summed E-state index contributed by atoms with van der Waals surface area (Å²) in [6.45, 7) is 15.8. The molecule has 0 heterocycles. The van der Waals surface area contributed by atoms with Crippen molar-refractivity contribution in [2.24, 2.45) is 0 Å². The minimum Gasteiger partial charge on any atom is -0.310 e. The highest BCUT2D eigenvalue weighted by Gasteiger charge is 2.59. The third-order valence-electron chi connectivity index (χ3n) is 13.3. The first-order valence-corrected chi connectivity index (χ1v) is 29.3. The van der Waals surface area contributed by atoms with Gasteiger partial charge in [0.05, 0.1) is 21.8 Å². The molecule has 10 rings (SSSR count). The maximum absolute atomic E-state index is 2.63. The van der Waals surface area contributed by atoms with Crippen molar-refractivity contribution in [3.8, 4) is 33.4 Å². The number of hydrogen-bond donors (Lipinski definition) is 0. The average Bonchev–Trinajstić information content (AvgIpc) is 3.63. The van der Waals surface area contributed by atoms with Gasteiger partial charge in [-0.25, -0.2) is 0 Å². The van der Waals surface area contributed by atoms with Crippen molar-refractivity contribution in [1.29, 1.82) is 0 Å². The van der Waals surface area contributed by atoms with Gasteiger partial charge >= 0.3 is 0 Å². The molecule has 0 radical (unpaired) electrons. The SMILES string of the molecule is C[Si](C)(C)C1([Si](C)(C)C)c2cc(N(c3ccccc3)c3ccc(-c4ccccc4)cc3)ccc2-c2c1cc(N(c1ccccc1)c1ccc(-c3ccccc3)cc1)c1ccccc21. The lowest BCUT2D eigenvalue weighted by Crippen LogP contribution is -2.63. The highest BCUT2D eigenvalue weighted by molar-refractivity contribution is 6.99. The van der Waals surface area contributed by atoms with Gasteiger partial charge in [-0.1, -0.05) is 191 Å². The van der Waals surface area contributed by atoms with Crippen molar-refractivity contribution < 1.29 is 0 Å². The molecule has 4 heteroatoms. The van der Waals surface area contributed by atoms with Gasteiger partial charge in [0.15, 0.2) is 0 Å². The topological polar surface area (TPSA) is 6.48 Å². The molecule has 0 saturated heterocycles. The van der Waals surface area contributed by atoms with E-state index in [1.807, 2.05) is 0 Å². The Labute approximate surface area is 375 Å². The van der Waals surface area contributed by atoms with Crippen LogP contribution in [0.15, 0.2) is 218 Å². The predicted octanol–water partition coefficient (Wildman–Crippen LogP) is 17.1. The number of hydrogen-bond acceptors (Lipinski definition) is 2. The molecule has 9 aromatic carbocycles. The second kappa shape index (κ2) is 15.9. The minimum absolute atomic E-state index is 0.113. The average molecular weight is 847 g/mol. The molecule has 0 unspecified atom stereocenters. The van der Waals surface area contributed by atoms with Crippen LogP contribution in [0.2, 0.25) is 39.3 Å². The normalized spacial score (nSPS) is 13.0. The van der Waals surface area contributed by atoms with Crippen LogP contribution in [0, 0.1) is 0 Å². The van der Waals surface area contributed by atoms with Crippen molar-refractivity contribution >= 4 is 61.0 Å². The fourth-order valence-electron chi connectivity index (χ4n) is 11.1. The van der Waals surface area contributed by atoms with Crippen molar-refractivity contribution in [1.82, 2.24) is 0 Å². The number of rotatable bonds is 10. The predicted molar refractivity (Wildman–Crippen MR) is 277 cm³/mol. The summed E-state index contributed by atoms with van der Waals surface area (Å²) in [5.41, 5.74) is 17.7. The van der Waals surface area contributed by atoms with Crippen LogP contribution in [-0.4, -0.2) is 16.1 Å². The Morgan fingerprint density at radius 1 is 0.317 bits per heavy atom. The van der Waals surface area contributed by atoms with E-state index in [0.29, 0.717) is 0 Å². The summed E-state index contributed by atoms with van der Waals surface area (Å²) in [6, 6.07) is 80.7. The van der Waals surface area contributed by atoms with Crippen LogP contribution in [0.4, 0.5) is 34.1 Å². The van der Waals surface area contributed by atoms with E-state index in [9.17, 15) is 0 Å². The van der Waals surface area contributed by atoms with E-state index in [-0.39, 0.29) is 4.66 Å². The summed E-state index contributed by atoms with van der Waals surface area (Å²) in [7, 11) is -4.19. The Kier molecular flexibility index (Phi) is 10.2. The lowest BCUT2D eigenvalue weighted by molar-refractivity contribution is 0.952. The molecule has 0 aliphatic heterocycles. The number of fused-ring (bicyclic) bond motifs is 5. The molecule has 0 saturated carbocycles. The molecule has 0 atom stereocenters. The Morgan fingerprint density at radius 2 is 0.698 bits per heavy atom. The summed E-state index contributed by atoms with van der Waals surface area (Å²) >= 11 is 0. The summed E-state index contributed by atoms with van der Waals surface area (Å²) < 4.78 is -0.113. The Morgan fingerprint density at radius 3 is 1.19 bits per heavy atom. The molecule has 0 N–H and O–H groups in total. The first kappa shape index (κ1) is 40.4. The summed E-state index contributed by atoms with van der Waals surface area (Å²) in [5, 5.41) is 2.57. The van der Waals surface area contributed by atoms with E-state index in [4.69, 9.17) is 0 Å². The largest absolute Gasteiger partial charge is 0.310 e. The molecular formula is C59H54N2Si2. The zero-order valence-electron chi connectivity index (χ0n) is 37.2. The third kappa shape index (κ3) is 6.86. The standard InChI is InChI=1S/C59H54N2Si2/c1-62(2,3)59(63(4,5)6)55-41-51(60(47-25-15-9-16-26-47)49-35-31-45(32-36-49)43-21-11-7-12-22-43)39-40-54(55)58-53-30-20-19-29-52(53)57(42-56(58)59)61(48-27-17-10-18-28-48)50-37-33-46(34-38-50)44-23-13-8-14-24-44/h7-42H,1-6H3. The number of para-hydroxylation sites is 2. The van der Waals surface area contributed by atoms with Crippen LogP contribution in [0.3, 0.4) is 0 Å². The van der Waals surface area contributed by atoms with Crippen LogP contribution < -0.4 is 9.80 Å². The van der Waals surface area contributed by atoms with Gasteiger partial charge in [0.2, 0.25) is 0 Å². The zero-order valence-corrected chi connectivity index (χ0v) is 39.2. The molecule has 63 heavy (non-hydrogen) atoms. The van der Waals surface area contributed by atoms with Crippen LogP contribution >= 0.6 is 0 Å². The Hall–Kier alpha value is -6.73. The second-order valence-electron chi connectivity index (χ2n) is 19.0. The van der Waals surface area contributed by atoms with Crippen molar-refractivity contribution in [2.75, 3.05) is 9.80 Å². The molecule has 0 bridgehead atoms. The number of benzene rings is 9. The van der Waals surface area contributed by atoms with Gasteiger partial charge in [-0.3, -0.25) is 0 Å². The van der Waals surface area contributed by atoms with Gasteiger partial charge in [0, 0.05) is 38.5 Å². The molecule has 0 spiro atoms. The van der Waals surface area contributed by atoms with Crippen molar-refractivity contribution in [3.05, 3.63) is 230 Å². The molecule has 2 nitrogen and oxygen atoms in total. The van der Waals surface area contributed by atoms with Gasteiger partial charge in [-0.05, 0) is 117 Å². The molecule has 1 aliphatic rings. The lowest BCUT2D eigenvalue weighted by Gasteiger charge is -2.51.